The number of rotatable bonds is 3. The summed E-state index contributed by atoms with van der Waals surface area (Å²) in [6.45, 7) is 1.93. The lowest BCUT2D eigenvalue weighted by atomic mass is 10.2. The van der Waals surface area contributed by atoms with Crippen LogP contribution >= 0.6 is 0 Å². The molecule has 4 nitrogen and oxygen atoms in total. The summed E-state index contributed by atoms with van der Waals surface area (Å²) in [4.78, 5) is 0. The first-order chi connectivity index (χ1) is 7.70. The van der Waals surface area contributed by atoms with Crippen molar-refractivity contribution >= 4 is 0 Å². The van der Waals surface area contributed by atoms with E-state index in [4.69, 9.17) is 10.2 Å². The molecule has 1 atom stereocenters. The molecule has 0 radical (unpaired) electrons. The topological polar surface area (TPSA) is 64.9 Å². The van der Waals surface area contributed by atoms with E-state index in [2.05, 4.69) is 10.2 Å². The fraction of sp³-hybridized carbons (Fsp3) is 0.273. The van der Waals surface area contributed by atoms with Gasteiger partial charge in [0.2, 0.25) is 11.8 Å². The van der Waals surface area contributed by atoms with E-state index in [0.29, 0.717) is 23.8 Å². The Morgan fingerprint density at radius 3 is 2.94 bits per heavy atom. The Balaban J connectivity index is 2.31. The molecule has 1 unspecified atom stereocenters. The van der Waals surface area contributed by atoms with Crippen LogP contribution in [-0.2, 0) is 0 Å². The molecule has 0 spiro atoms. The van der Waals surface area contributed by atoms with Gasteiger partial charge < -0.3 is 10.2 Å². The second-order valence-electron chi connectivity index (χ2n) is 3.47. The van der Waals surface area contributed by atoms with Crippen LogP contribution in [0.1, 0.15) is 25.3 Å². The fourth-order valence-electron chi connectivity index (χ4n) is 1.30. The van der Waals surface area contributed by atoms with Crippen molar-refractivity contribution in [2.45, 2.75) is 19.4 Å². The van der Waals surface area contributed by atoms with E-state index in [0.717, 1.165) is 0 Å². The molecule has 0 amide bonds. The van der Waals surface area contributed by atoms with Gasteiger partial charge in [-0.25, -0.2) is 4.39 Å². The van der Waals surface area contributed by atoms with E-state index in [1.165, 1.54) is 12.1 Å². The van der Waals surface area contributed by atoms with Crippen LogP contribution < -0.4 is 5.73 Å². The summed E-state index contributed by atoms with van der Waals surface area (Å²) in [5, 5.41) is 7.66. The van der Waals surface area contributed by atoms with Gasteiger partial charge >= 0.3 is 0 Å². The second-order valence-corrected chi connectivity index (χ2v) is 3.47. The zero-order valence-corrected chi connectivity index (χ0v) is 8.85. The molecule has 0 saturated carbocycles. The summed E-state index contributed by atoms with van der Waals surface area (Å²) in [6.07, 6.45) is 0.713. The molecular weight excluding hydrogens is 209 g/mol. The molecule has 84 valence electrons. The molecule has 0 aliphatic rings. The molecule has 0 aliphatic carbocycles. The van der Waals surface area contributed by atoms with Crippen LogP contribution in [0.4, 0.5) is 4.39 Å². The number of nitrogens with zero attached hydrogens (tertiary/aromatic N) is 2. The quantitative estimate of drug-likeness (QED) is 0.863. The van der Waals surface area contributed by atoms with Crippen molar-refractivity contribution < 1.29 is 8.81 Å². The molecule has 1 aromatic heterocycles. The Hall–Kier alpha value is -1.75. The molecule has 0 bridgehead atoms. The molecule has 16 heavy (non-hydrogen) atoms. The molecule has 2 rings (SSSR count). The Labute approximate surface area is 92.3 Å². The summed E-state index contributed by atoms with van der Waals surface area (Å²) in [7, 11) is 0. The molecule has 0 aliphatic heterocycles. The van der Waals surface area contributed by atoms with Crippen LogP contribution in [-0.4, -0.2) is 10.2 Å². The van der Waals surface area contributed by atoms with E-state index in [1.807, 2.05) is 6.92 Å². The predicted molar refractivity (Wildman–Crippen MR) is 56.9 cm³/mol. The Morgan fingerprint density at radius 1 is 1.44 bits per heavy atom. The van der Waals surface area contributed by atoms with Gasteiger partial charge in [-0.2, -0.15) is 0 Å². The summed E-state index contributed by atoms with van der Waals surface area (Å²) in [5.41, 5.74) is 6.30. The molecule has 5 heteroatoms. The van der Waals surface area contributed by atoms with Gasteiger partial charge in [0.05, 0.1) is 6.04 Å². The molecule has 1 heterocycles. The van der Waals surface area contributed by atoms with Crippen molar-refractivity contribution in [1.82, 2.24) is 10.2 Å². The Kier molecular flexibility index (Phi) is 2.96. The highest BCUT2D eigenvalue weighted by Gasteiger charge is 2.13. The third-order valence-electron chi connectivity index (χ3n) is 2.27. The zero-order chi connectivity index (χ0) is 11.5. The van der Waals surface area contributed by atoms with Crippen LogP contribution in [0.2, 0.25) is 0 Å². The van der Waals surface area contributed by atoms with Gasteiger partial charge in [0.1, 0.15) is 5.82 Å². The van der Waals surface area contributed by atoms with Crippen molar-refractivity contribution in [3.63, 3.8) is 0 Å². The number of aromatic nitrogens is 2. The van der Waals surface area contributed by atoms with E-state index < -0.39 is 0 Å². The monoisotopic (exact) mass is 221 g/mol. The first-order valence-electron chi connectivity index (χ1n) is 5.05. The first kappa shape index (κ1) is 10.8. The lowest BCUT2D eigenvalue weighted by Gasteiger charge is -2.00. The van der Waals surface area contributed by atoms with Gasteiger partial charge in [0.15, 0.2) is 0 Å². The van der Waals surface area contributed by atoms with Gasteiger partial charge in [-0.05, 0) is 24.6 Å². The minimum atomic E-state index is -0.336. The third-order valence-corrected chi connectivity index (χ3v) is 2.27. The maximum atomic E-state index is 13.0. The van der Waals surface area contributed by atoms with Crippen molar-refractivity contribution in [2.24, 2.45) is 5.73 Å². The highest BCUT2D eigenvalue weighted by atomic mass is 19.1. The zero-order valence-electron chi connectivity index (χ0n) is 8.85. The van der Waals surface area contributed by atoms with Gasteiger partial charge in [0.25, 0.3) is 0 Å². The molecule has 0 saturated heterocycles. The van der Waals surface area contributed by atoms with Crippen molar-refractivity contribution in [1.29, 1.82) is 0 Å². The number of halogens is 1. The molecule has 1 aromatic carbocycles. The normalized spacial score (nSPS) is 12.7. The standard InChI is InChI=1S/C11H12FN3O/c1-2-9(13)11-15-14-10(16-11)7-4-3-5-8(12)6-7/h3-6,9H,2,13H2,1H3. The third kappa shape index (κ3) is 2.09. The highest BCUT2D eigenvalue weighted by molar-refractivity contribution is 5.52. The average molecular weight is 221 g/mol. The number of hydrogen-bond acceptors (Lipinski definition) is 4. The number of hydrogen-bond donors (Lipinski definition) is 1. The van der Waals surface area contributed by atoms with Crippen LogP contribution in [0.3, 0.4) is 0 Å². The minimum absolute atomic E-state index is 0.269. The SMILES string of the molecule is CCC(N)c1nnc(-c2cccc(F)c2)o1. The fourth-order valence-corrected chi connectivity index (χ4v) is 1.30. The number of benzene rings is 1. The van der Waals surface area contributed by atoms with E-state index in [1.54, 1.807) is 12.1 Å². The van der Waals surface area contributed by atoms with Gasteiger partial charge in [0, 0.05) is 5.56 Å². The maximum Gasteiger partial charge on any atom is 0.247 e. The molecular formula is C11H12FN3O. The summed E-state index contributed by atoms with van der Waals surface area (Å²) in [5.74, 6) is 0.331. The van der Waals surface area contributed by atoms with Gasteiger partial charge in [-0.3, -0.25) is 0 Å². The van der Waals surface area contributed by atoms with E-state index >= 15 is 0 Å². The molecule has 0 fully saturated rings. The van der Waals surface area contributed by atoms with E-state index in [9.17, 15) is 4.39 Å². The van der Waals surface area contributed by atoms with Crippen molar-refractivity contribution in [3.05, 3.63) is 36.0 Å². The Bertz CT molecular complexity index is 484. The summed E-state index contributed by atoms with van der Waals surface area (Å²) >= 11 is 0. The van der Waals surface area contributed by atoms with Crippen LogP contribution in [0, 0.1) is 5.82 Å². The Morgan fingerprint density at radius 2 is 2.25 bits per heavy atom. The van der Waals surface area contributed by atoms with Crippen LogP contribution in [0.15, 0.2) is 28.7 Å². The van der Waals surface area contributed by atoms with Gasteiger partial charge in [-0.15, -0.1) is 10.2 Å². The summed E-state index contributed by atoms with van der Waals surface area (Å²) < 4.78 is 18.3. The average Bonchev–Trinajstić information content (AvgIpc) is 2.77. The van der Waals surface area contributed by atoms with Crippen molar-refractivity contribution in [2.75, 3.05) is 0 Å². The smallest absolute Gasteiger partial charge is 0.247 e. The predicted octanol–water partition coefficient (Wildman–Crippen LogP) is 2.29. The van der Waals surface area contributed by atoms with Gasteiger partial charge in [-0.1, -0.05) is 13.0 Å². The lowest BCUT2D eigenvalue weighted by Crippen LogP contribution is -2.08. The van der Waals surface area contributed by atoms with Crippen LogP contribution in [0.25, 0.3) is 11.5 Å². The largest absolute Gasteiger partial charge is 0.419 e. The van der Waals surface area contributed by atoms with Crippen LogP contribution in [0.5, 0.6) is 0 Å². The van der Waals surface area contributed by atoms with Crippen molar-refractivity contribution in [3.8, 4) is 11.5 Å². The highest BCUT2D eigenvalue weighted by Crippen LogP contribution is 2.21. The number of nitrogens with two attached hydrogens (primary N) is 1. The molecule has 2 N–H and O–H groups in total. The second kappa shape index (κ2) is 4.40. The lowest BCUT2D eigenvalue weighted by molar-refractivity contribution is 0.452. The minimum Gasteiger partial charge on any atom is -0.419 e. The first-order valence-corrected chi connectivity index (χ1v) is 5.05. The van der Waals surface area contributed by atoms with E-state index in [-0.39, 0.29) is 11.9 Å². The molecule has 2 aromatic rings. The summed E-state index contributed by atoms with van der Waals surface area (Å²) in [6, 6.07) is 5.73. The maximum absolute atomic E-state index is 13.0.